The van der Waals surface area contributed by atoms with Crippen molar-refractivity contribution in [3.63, 3.8) is 0 Å². The minimum atomic E-state index is -0.848. The third-order valence-corrected chi connectivity index (χ3v) is 9.57. The molecule has 256 valence electrons. The molecule has 8 heteroatoms. The molecule has 0 aromatic heterocycles. The largest absolute Gasteiger partial charge is 0.393 e. The van der Waals surface area contributed by atoms with Gasteiger partial charge in [-0.2, -0.15) is 0 Å². The number of rotatable bonds is 11. The van der Waals surface area contributed by atoms with Gasteiger partial charge in [0.25, 0.3) is 0 Å². The summed E-state index contributed by atoms with van der Waals surface area (Å²) in [6, 6.07) is 26.9. The summed E-state index contributed by atoms with van der Waals surface area (Å²) in [7, 11) is 1.60. The van der Waals surface area contributed by atoms with Gasteiger partial charge in [-0.15, -0.1) is 0 Å². The molecule has 4 N–H and O–H groups in total. The number of amides is 3. The average molecular weight is 653 g/mol. The minimum absolute atomic E-state index is 0.159. The van der Waals surface area contributed by atoms with Crippen molar-refractivity contribution in [2.75, 3.05) is 20.1 Å². The van der Waals surface area contributed by atoms with E-state index in [1.165, 1.54) is 16.5 Å². The van der Waals surface area contributed by atoms with E-state index < -0.39 is 18.2 Å². The number of nitrogens with two attached hydrogens (primary N) is 1. The van der Waals surface area contributed by atoms with Crippen LogP contribution in [-0.2, 0) is 27.2 Å². The van der Waals surface area contributed by atoms with Crippen molar-refractivity contribution in [3.8, 4) is 11.1 Å². The van der Waals surface area contributed by atoms with Gasteiger partial charge in [0.15, 0.2) is 0 Å². The first-order valence-electron chi connectivity index (χ1n) is 17.3. The average Bonchev–Trinajstić information content (AvgIpc) is 3.11. The van der Waals surface area contributed by atoms with Gasteiger partial charge >= 0.3 is 0 Å². The van der Waals surface area contributed by atoms with Crippen LogP contribution in [0.5, 0.6) is 0 Å². The van der Waals surface area contributed by atoms with E-state index in [4.69, 9.17) is 5.73 Å². The lowest BCUT2D eigenvalue weighted by atomic mass is 9.75. The number of hydrogen-bond acceptors (Lipinski definition) is 5. The Bertz CT molecular complexity index is 1480. The predicted octanol–water partition coefficient (Wildman–Crippen LogP) is 5.29. The molecule has 3 amide bonds. The van der Waals surface area contributed by atoms with Crippen LogP contribution in [0.25, 0.3) is 11.1 Å². The molecule has 3 aromatic carbocycles. The van der Waals surface area contributed by atoms with E-state index in [0.29, 0.717) is 32.4 Å². The van der Waals surface area contributed by atoms with Crippen LogP contribution in [0.3, 0.4) is 0 Å². The number of likely N-dealkylation sites (N-methyl/N-ethyl adjacent to an activating group) is 1. The number of carbonyl (C=O) groups is 3. The van der Waals surface area contributed by atoms with E-state index in [2.05, 4.69) is 36.5 Å². The summed E-state index contributed by atoms with van der Waals surface area (Å²) >= 11 is 0. The molecule has 2 aliphatic rings. The minimum Gasteiger partial charge on any atom is -0.393 e. The molecule has 0 bridgehead atoms. The third-order valence-electron chi connectivity index (χ3n) is 9.57. The fraction of sp³-hybridized carbons (Fsp3) is 0.425. The van der Waals surface area contributed by atoms with Crippen LogP contribution in [0.1, 0.15) is 63.5 Å². The highest BCUT2D eigenvalue weighted by Crippen LogP contribution is 2.32. The Hall–Kier alpha value is -4.27. The van der Waals surface area contributed by atoms with Crippen LogP contribution in [-0.4, -0.2) is 76.5 Å². The molecule has 1 heterocycles. The maximum Gasteiger partial charge on any atom is 0.245 e. The van der Waals surface area contributed by atoms with E-state index in [0.717, 1.165) is 42.4 Å². The van der Waals surface area contributed by atoms with Gasteiger partial charge in [-0.05, 0) is 80.2 Å². The highest BCUT2D eigenvalue weighted by molar-refractivity contribution is 5.95. The van der Waals surface area contributed by atoms with Gasteiger partial charge in [-0.25, -0.2) is 0 Å². The molecule has 0 radical (unpaired) electrons. The van der Waals surface area contributed by atoms with Crippen molar-refractivity contribution < 1.29 is 19.5 Å². The molecule has 1 aliphatic carbocycles. The van der Waals surface area contributed by atoms with Crippen LogP contribution in [0.15, 0.2) is 97.1 Å². The molecule has 0 spiro atoms. The lowest BCUT2D eigenvalue weighted by Crippen LogP contribution is -2.55. The van der Waals surface area contributed by atoms with Crippen molar-refractivity contribution in [1.29, 1.82) is 0 Å². The topological polar surface area (TPSA) is 116 Å². The molecule has 48 heavy (non-hydrogen) atoms. The van der Waals surface area contributed by atoms with Crippen LogP contribution in [0, 0.1) is 0 Å². The van der Waals surface area contributed by atoms with E-state index in [1.807, 2.05) is 60.7 Å². The summed E-state index contributed by atoms with van der Waals surface area (Å²) in [5.41, 5.74) is 10.5. The number of aliphatic hydroxyl groups excluding tert-OH is 1. The number of aliphatic hydroxyl groups is 1. The number of benzene rings is 3. The highest BCUT2D eigenvalue weighted by Gasteiger charge is 2.33. The van der Waals surface area contributed by atoms with Crippen molar-refractivity contribution in [2.45, 2.75) is 88.9 Å². The molecule has 1 unspecified atom stereocenters. The molecule has 2 atom stereocenters. The van der Waals surface area contributed by atoms with E-state index >= 15 is 0 Å². The summed E-state index contributed by atoms with van der Waals surface area (Å²) in [6.45, 7) is 4.80. The monoisotopic (exact) mass is 652 g/mol. The zero-order chi connectivity index (χ0) is 34.5. The standard InChI is InChI=1S/C32H42N4O4.C8H10/c1-23(30(39)36-20-15-27(37)16-21-36)35(2)31(40)28(34-29(38)10-6-17-32(33)18-7-19-32)22-24-11-13-26(14-12-24)25-8-4-3-5-9-25;1-2-8-6-4-3-5-7-8/h3-6,8-14,23,27-28,37H,7,15-22,33H2,1-2H3,(H,34,38);3-7H,2H2,1H3/b10-6+;/t23?,28-;/m1./s1. The Morgan fingerprint density at radius 3 is 2.06 bits per heavy atom. The normalized spacial score (nSPS) is 17.0. The Morgan fingerprint density at radius 2 is 1.52 bits per heavy atom. The van der Waals surface area contributed by atoms with Crippen molar-refractivity contribution in [3.05, 3.63) is 108 Å². The zero-order valence-corrected chi connectivity index (χ0v) is 28.7. The highest BCUT2D eigenvalue weighted by atomic mass is 16.3. The maximum atomic E-state index is 13.7. The molecular weight excluding hydrogens is 600 g/mol. The maximum absolute atomic E-state index is 13.7. The predicted molar refractivity (Wildman–Crippen MR) is 192 cm³/mol. The Labute approximate surface area is 286 Å². The number of likely N-dealkylation sites (tertiary alicyclic amines) is 1. The van der Waals surface area contributed by atoms with Crippen LogP contribution >= 0.6 is 0 Å². The van der Waals surface area contributed by atoms with Crippen molar-refractivity contribution >= 4 is 17.7 Å². The molecule has 2 fully saturated rings. The smallest absolute Gasteiger partial charge is 0.245 e. The van der Waals surface area contributed by atoms with Crippen molar-refractivity contribution in [1.82, 2.24) is 15.1 Å². The van der Waals surface area contributed by atoms with Crippen LogP contribution in [0.4, 0.5) is 0 Å². The quantitative estimate of drug-likeness (QED) is 0.244. The summed E-state index contributed by atoms with van der Waals surface area (Å²) in [6.07, 6.45) is 8.97. The van der Waals surface area contributed by atoms with Gasteiger partial charge in [0.05, 0.1) is 6.10 Å². The summed E-state index contributed by atoms with van der Waals surface area (Å²) in [4.78, 5) is 42.8. The Morgan fingerprint density at radius 1 is 0.938 bits per heavy atom. The first kappa shape index (κ1) is 36.6. The lowest BCUT2D eigenvalue weighted by molar-refractivity contribution is -0.146. The number of aryl methyl sites for hydroxylation is 1. The van der Waals surface area contributed by atoms with Gasteiger partial charge in [0.2, 0.25) is 17.7 Å². The van der Waals surface area contributed by atoms with E-state index in [1.54, 1.807) is 24.9 Å². The number of nitrogens with one attached hydrogen (secondary N) is 1. The molecule has 1 aliphatic heterocycles. The lowest BCUT2D eigenvalue weighted by Gasteiger charge is -2.37. The molecule has 1 saturated heterocycles. The fourth-order valence-corrected chi connectivity index (χ4v) is 6.02. The van der Waals surface area contributed by atoms with Gasteiger partial charge in [-0.3, -0.25) is 14.4 Å². The van der Waals surface area contributed by atoms with Gasteiger partial charge in [0, 0.05) is 32.1 Å². The van der Waals surface area contributed by atoms with Crippen molar-refractivity contribution in [2.24, 2.45) is 5.73 Å². The summed E-state index contributed by atoms with van der Waals surface area (Å²) < 4.78 is 0. The summed E-state index contributed by atoms with van der Waals surface area (Å²) in [5, 5.41) is 12.7. The molecular formula is C40H52N4O4. The second-order valence-corrected chi connectivity index (χ2v) is 13.2. The SMILES string of the molecule is CC(C(=O)N1CCC(O)CC1)N(C)C(=O)[C@@H](Cc1ccc(-c2ccccc2)cc1)NC(=O)/C=C/CC1(N)CCC1.CCc1ccccc1. The van der Waals surface area contributed by atoms with E-state index in [9.17, 15) is 19.5 Å². The number of nitrogens with zero attached hydrogens (tertiary/aromatic N) is 2. The third kappa shape index (κ3) is 10.6. The van der Waals surface area contributed by atoms with Gasteiger partial charge in [-0.1, -0.05) is 97.9 Å². The first-order valence-corrected chi connectivity index (χ1v) is 17.3. The Kier molecular flexibility index (Phi) is 13.5. The Balaban J connectivity index is 0.000000569. The number of carbonyl (C=O) groups excluding carboxylic acids is 3. The zero-order valence-electron chi connectivity index (χ0n) is 28.7. The van der Waals surface area contributed by atoms with E-state index in [-0.39, 0.29) is 29.7 Å². The van der Waals surface area contributed by atoms with Gasteiger partial charge in [0.1, 0.15) is 12.1 Å². The van der Waals surface area contributed by atoms with Crippen LogP contribution < -0.4 is 11.1 Å². The first-order chi connectivity index (χ1) is 23.1. The molecule has 5 rings (SSSR count). The van der Waals surface area contributed by atoms with Gasteiger partial charge < -0.3 is 26.0 Å². The molecule has 3 aromatic rings. The fourth-order valence-electron chi connectivity index (χ4n) is 6.02. The number of hydrogen-bond donors (Lipinski definition) is 3. The number of piperidine rings is 1. The molecule has 8 nitrogen and oxygen atoms in total. The second-order valence-electron chi connectivity index (χ2n) is 13.2. The second kappa shape index (κ2) is 17.8. The molecule has 1 saturated carbocycles. The van der Waals surface area contributed by atoms with Crippen LogP contribution in [0.2, 0.25) is 0 Å². The summed E-state index contributed by atoms with van der Waals surface area (Å²) in [5.74, 6) is -0.852.